The van der Waals surface area contributed by atoms with Crippen LogP contribution in [0.25, 0.3) is 0 Å². The Balaban J connectivity index is 3.85. The fourth-order valence-electron chi connectivity index (χ4n) is 0.945. The molecular formula is C8H18O3SSi. The van der Waals surface area contributed by atoms with Crippen LogP contribution in [0.5, 0.6) is 0 Å². The van der Waals surface area contributed by atoms with Gasteiger partial charge in [0.2, 0.25) is 0 Å². The van der Waals surface area contributed by atoms with Crippen LogP contribution in [0.15, 0.2) is 0 Å². The van der Waals surface area contributed by atoms with Crippen LogP contribution in [-0.4, -0.2) is 32.7 Å². The fourth-order valence-corrected chi connectivity index (χ4v) is 3.13. The van der Waals surface area contributed by atoms with E-state index >= 15 is 0 Å². The third kappa shape index (κ3) is 6.15. The number of aliphatic hydroxyl groups is 1. The molecule has 3 nitrogen and oxygen atoms in total. The molecule has 1 atom stereocenters. The molecule has 0 aliphatic heterocycles. The van der Waals surface area contributed by atoms with E-state index < -0.39 is 9.28 Å². The maximum atomic E-state index is 9.05. The van der Waals surface area contributed by atoms with Crippen LogP contribution in [0.3, 0.4) is 0 Å². The van der Waals surface area contributed by atoms with Crippen molar-refractivity contribution in [3.05, 3.63) is 0 Å². The Morgan fingerprint density at radius 1 is 1.38 bits per heavy atom. The zero-order valence-electron chi connectivity index (χ0n) is 8.45. The van der Waals surface area contributed by atoms with Crippen molar-refractivity contribution in [1.29, 1.82) is 0 Å². The van der Waals surface area contributed by atoms with Gasteiger partial charge in [-0.15, -0.1) is 0 Å². The van der Waals surface area contributed by atoms with Crippen molar-refractivity contribution in [1.82, 2.24) is 0 Å². The van der Waals surface area contributed by atoms with Gasteiger partial charge in [0.1, 0.15) is 0 Å². The van der Waals surface area contributed by atoms with Gasteiger partial charge in [-0.3, -0.25) is 0 Å². The molecule has 0 fully saturated rings. The molecule has 0 spiro atoms. The molecule has 0 amide bonds. The third-order valence-electron chi connectivity index (χ3n) is 1.67. The van der Waals surface area contributed by atoms with Crippen LogP contribution in [-0.2, 0) is 8.85 Å². The normalized spacial score (nSPS) is 13.2. The van der Waals surface area contributed by atoms with Crippen molar-refractivity contribution < 1.29 is 14.0 Å². The second-order valence-electron chi connectivity index (χ2n) is 2.82. The first-order chi connectivity index (χ1) is 6.11. The zero-order chi connectivity index (χ0) is 10.3. The molecule has 1 N–H and O–H groups in total. The van der Waals surface area contributed by atoms with Gasteiger partial charge in [-0.05, 0) is 32.1 Å². The molecule has 0 aromatic heterocycles. The van der Waals surface area contributed by atoms with Gasteiger partial charge in [-0.2, -0.15) is 0 Å². The lowest BCUT2D eigenvalue weighted by molar-refractivity contribution is 0.211. The Morgan fingerprint density at radius 3 is 2.15 bits per heavy atom. The van der Waals surface area contributed by atoms with Crippen molar-refractivity contribution in [2.45, 2.75) is 26.8 Å². The smallest absolute Gasteiger partial charge is 0.322 e. The largest absolute Gasteiger partial charge is 0.502 e. The predicted molar refractivity (Wildman–Crippen MR) is 59.6 cm³/mol. The minimum absolute atomic E-state index is 0.00441. The van der Waals surface area contributed by atoms with E-state index in [-0.39, 0.29) is 11.0 Å². The van der Waals surface area contributed by atoms with Crippen LogP contribution in [0, 0.1) is 5.92 Å². The molecule has 0 aromatic carbocycles. The summed E-state index contributed by atoms with van der Waals surface area (Å²) < 4.78 is 10.9. The minimum Gasteiger partial charge on any atom is -0.502 e. The van der Waals surface area contributed by atoms with Crippen LogP contribution in [0.1, 0.15) is 20.8 Å². The first-order valence-electron chi connectivity index (χ1n) is 4.57. The lowest BCUT2D eigenvalue weighted by Crippen LogP contribution is -2.27. The fraction of sp³-hybridized carbons (Fsp3) is 0.875. The Morgan fingerprint density at radius 2 is 1.85 bits per heavy atom. The molecule has 13 heavy (non-hydrogen) atoms. The summed E-state index contributed by atoms with van der Waals surface area (Å²) >= 11 is 4.67. The van der Waals surface area contributed by atoms with Crippen molar-refractivity contribution >= 4 is 26.6 Å². The molecule has 0 saturated carbocycles. The summed E-state index contributed by atoms with van der Waals surface area (Å²) in [4.78, 5) is 0. The first kappa shape index (κ1) is 13.0. The molecule has 0 aliphatic rings. The van der Waals surface area contributed by atoms with Gasteiger partial charge < -0.3 is 14.0 Å². The Labute approximate surface area is 86.9 Å². The molecule has 0 aliphatic carbocycles. The quantitative estimate of drug-likeness (QED) is 0.526. The topological polar surface area (TPSA) is 38.7 Å². The molecule has 0 saturated heterocycles. The van der Waals surface area contributed by atoms with Gasteiger partial charge in [0.25, 0.3) is 0 Å². The van der Waals surface area contributed by atoms with E-state index in [1.807, 2.05) is 20.8 Å². The monoisotopic (exact) mass is 222 g/mol. The molecule has 1 unspecified atom stereocenters. The predicted octanol–water partition coefficient (Wildman–Crippen LogP) is 1.80. The molecule has 0 radical (unpaired) electrons. The van der Waals surface area contributed by atoms with Gasteiger partial charge in [0.05, 0.1) is 0 Å². The van der Waals surface area contributed by atoms with E-state index in [0.717, 1.165) is 6.04 Å². The van der Waals surface area contributed by atoms with Crippen molar-refractivity contribution in [3.63, 3.8) is 0 Å². The Hall–Kier alpha value is 0.0269. The summed E-state index contributed by atoms with van der Waals surface area (Å²) in [5.74, 6) is 0.00441. The highest BCUT2D eigenvalue weighted by Gasteiger charge is 2.18. The molecule has 0 aromatic rings. The number of aliphatic hydroxyl groups excluding tert-OH is 1. The number of thiocarbonyl (C=S) groups is 1. The summed E-state index contributed by atoms with van der Waals surface area (Å²) in [6.45, 7) is 7.12. The lowest BCUT2D eigenvalue weighted by Gasteiger charge is -2.17. The van der Waals surface area contributed by atoms with Crippen LogP contribution in [0.4, 0.5) is 0 Å². The molecule has 0 rings (SSSR count). The van der Waals surface area contributed by atoms with Gasteiger partial charge >= 0.3 is 9.28 Å². The highest BCUT2D eigenvalue weighted by molar-refractivity contribution is 7.80. The second kappa shape index (κ2) is 7.43. The summed E-state index contributed by atoms with van der Waals surface area (Å²) in [6, 6.07) is 0.747. The highest BCUT2D eigenvalue weighted by atomic mass is 32.1. The Bertz CT molecular complexity index is 148. The summed E-state index contributed by atoms with van der Waals surface area (Å²) in [5.41, 5.74) is 0. The standard InChI is InChI=1S/C8H18O3SSi/c1-4-10-13(11-5-2)6-7(3)8(9)12/h7,13H,4-6H2,1-3H3,(H,9,12). The van der Waals surface area contributed by atoms with Gasteiger partial charge in [-0.1, -0.05) is 6.92 Å². The number of hydrogen-bond donors (Lipinski definition) is 1. The van der Waals surface area contributed by atoms with E-state index in [9.17, 15) is 0 Å². The molecule has 0 bridgehead atoms. The van der Waals surface area contributed by atoms with Crippen molar-refractivity contribution in [2.75, 3.05) is 13.2 Å². The molecule has 5 heteroatoms. The van der Waals surface area contributed by atoms with Gasteiger partial charge in [-0.25, -0.2) is 0 Å². The van der Waals surface area contributed by atoms with E-state index in [1.165, 1.54) is 0 Å². The highest BCUT2D eigenvalue weighted by Crippen LogP contribution is 2.10. The van der Waals surface area contributed by atoms with Crippen LogP contribution >= 0.6 is 12.2 Å². The van der Waals surface area contributed by atoms with Gasteiger partial charge in [0.15, 0.2) is 5.05 Å². The number of rotatable bonds is 7. The van der Waals surface area contributed by atoms with E-state index in [1.54, 1.807) is 0 Å². The SMILES string of the molecule is CCO[SiH](CC(C)C(O)=S)OCC. The average molecular weight is 222 g/mol. The zero-order valence-corrected chi connectivity index (χ0v) is 10.4. The molecule has 0 heterocycles. The van der Waals surface area contributed by atoms with E-state index in [2.05, 4.69) is 12.2 Å². The first-order valence-corrected chi connectivity index (χ1v) is 6.74. The maximum Gasteiger partial charge on any atom is 0.322 e. The summed E-state index contributed by atoms with van der Waals surface area (Å²) in [7, 11) is -1.60. The van der Waals surface area contributed by atoms with Crippen molar-refractivity contribution in [2.24, 2.45) is 5.92 Å². The van der Waals surface area contributed by atoms with Crippen LogP contribution < -0.4 is 0 Å². The van der Waals surface area contributed by atoms with E-state index in [0.29, 0.717) is 13.2 Å². The minimum atomic E-state index is -1.60. The Kier molecular flexibility index (Phi) is 7.45. The summed E-state index contributed by atoms with van der Waals surface area (Å²) in [5, 5.41) is 9.10. The average Bonchev–Trinajstić information content (AvgIpc) is 2.05. The third-order valence-corrected chi connectivity index (χ3v) is 4.58. The van der Waals surface area contributed by atoms with Crippen LogP contribution in [0.2, 0.25) is 6.04 Å². The summed E-state index contributed by atoms with van der Waals surface area (Å²) in [6.07, 6.45) is 0. The molecule has 78 valence electrons. The van der Waals surface area contributed by atoms with E-state index in [4.69, 9.17) is 14.0 Å². The lowest BCUT2D eigenvalue weighted by atomic mass is 10.2. The van der Waals surface area contributed by atoms with Gasteiger partial charge in [0, 0.05) is 19.1 Å². The second-order valence-corrected chi connectivity index (χ2v) is 5.23. The van der Waals surface area contributed by atoms with Crippen molar-refractivity contribution in [3.8, 4) is 0 Å². The maximum absolute atomic E-state index is 9.05. The number of hydrogen-bond acceptors (Lipinski definition) is 3. The molecular weight excluding hydrogens is 204 g/mol.